The van der Waals surface area contributed by atoms with Crippen molar-refractivity contribution in [2.24, 2.45) is 0 Å². The number of ether oxygens (including phenoxy) is 1. The highest BCUT2D eigenvalue weighted by Gasteiger charge is 2.22. The summed E-state index contributed by atoms with van der Waals surface area (Å²) in [5.74, 6) is -0.579. The minimum absolute atomic E-state index is 0.136. The molecule has 1 unspecified atom stereocenters. The van der Waals surface area contributed by atoms with E-state index < -0.39 is 5.97 Å². The normalized spacial score (nSPS) is 12.2. The largest absolute Gasteiger partial charge is 0.465 e. The predicted octanol–water partition coefficient (Wildman–Crippen LogP) is 3.31. The number of hydrogen-bond donors (Lipinski definition) is 0. The Labute approximate surface area is 117 Å². The van der Waals surface area contributed by atoms with Gasteiger partial charge in [-0.25, -0.2) is 13.9 Å². The summed E-state index contributed by atoms with van der Waals surface area (Å²) in [4.78, 5) is 11.8. The molecule has 0 aliphatic rings. The first-order valence-electron chi connectivity index (χ1n) is 6.50. The van der Waals surface area contributed by atoms with Gasteiger partial charge in [0, 0.05) is 0 Å². The molecule has 0 radical (unpaired) electrons. The van der Waals surface area contributed by atoms with Gasteiger partial charge in [-0.2, -0.15) is 5.10 Å². The van der Waals surface area contributed by atoms with Gasteiger partial charge < -0.3 is 4.74 Å². The first-order chi connectivity index (χ1) is 9.58. The first-order valence-corrected chi connectivity index (χ1v) is 6.50. The molecule has 0 N–H and O–H groups in total. The molecule has 1 aromatic heterocycles. The summed E-state index contributed by atoms with van der Waals surface area (Å²) in [5.41, 5.74) is 1.95. The number of halogens is 1. The Hall–Kier alpha value is -2.17. The van der Waals surface area contributed by atoms with Crippen LogP contribution in [0.5, 0.6) is 0 Å². The molecule has 0 fully saturated rings. The molecule has 2 rings (SSSR count). The maximum Gasteiger partial charge on any atom is 0.341 e. The molecule has 4 nitrogen and oxygen atoms in total. The van der Waals surface area contributed by atoms with E-state index in [1.807, 2.05) is 13.8 Å². The van der Waals surface area contributed by atoms with Gasteiger partial charge in [-0.3, -0.25) is 0 Å². The predicted molar refractivity (Wildman–Crippen MR) is 73.6 cm³/mol. The molecule has 0 saturated heterocycles. The van der Waals surface area contributed by atoms with Crippen LogP contribution in [0.15, 0.2) is 30.5 Å². The number of benzene rings is 1. The smallest absolute Gasteiger partial charge is 0.341 e. The molecule has 20 heavy (non-hydrogen) atoms. The lowest BCUT2D eigenvalue weighted by atomic mass is 10.0. The van der Waals surface area contributed by atoms with Gasteiger partial charge in [0.05, 0.1) is 24.7 Å². The summed E-state index contributed by atoms with van der Waals surface area (Å²) in [6.07, 6.45) is 2.35. The Balaban J connectivity index is 2.55. The van der Waals surface area contributed by atoms with Crippen LogP contribution in [0.3, 0.4) is 0 Å². The van der Waals surface area contributed by atoms with Crippen molar-refractivity contribution in [3.63, 3.8) is 0 Å². The zero-order valence-electron chi connectivity index (χ0n) is 11.8. The van der Waals surface area contributed by atoms with Crippen LogP contribution < -0.4 is 0 Å². The fourth-order valence-electron chi connectivity index (χ4n) is 2.08. The number of hydrogen-bond acceptors (Lipinski definition) is 3. The van der Waals surface area contributed by atoms with Crippen LogP contribution in [0, 0.1) is 5.82 Å². The highest BCUT2D eigenvalue weighted by atomic mass is 19.1. The summed E-state index contributed by atoms with van der Waals surface area (Å²) >= 11 is 0. The quantitative estimate of drug-likeness (QED) is 0.805. The summed E-state index contributed by atoms with van der Waals surface area (Å²) in [5, 5.41) is 4.25. The molecular weight excluding hydrogens is 259 g/mol. The zero-order chi connectivity index (χ0) is 14.7. The van der Waals surface area contributed by atoms with Crippen LogP contribution >= 0.6 is 0 Å². The van der Waals surface area contributed by atoms with Crippen LogP contribution in [-0.2, 0) is 4.74 Å². The Morgan fingerprint density at radius 2 is 2.05 bits per heavy atom. The molecule has 5 heteroatoms. The average molecular weight is 276 g/mol. The molecule has 0 bridgehead atoms. The standard InChI is InChI=1S/C15H17FN2O2/c1-4-10(2)14-13(15(19)20-3)9-17-18(14)12-7-5-11(16)6-8-12/h5-10H,4H2,1-3H3. The van der Waals surface area contributed by atoms with Crippen LogP contribution in [0.25, 0.3) is 5.69 Å². The van der Waals surface area contributed by atoms with Gasteiger partial charge in [0.1, 0.15) is 11.4 Å². The number of esters is 1. The van der Waals surface area contributed by atoms with E-state index in [0.29, 0.717) is 5.56 Å². The monoisotopic (exact) mass is 276 g/mol. The molecule has 0 aliphatic heterocycles. The van der Waals surface area contributed by atoms with Crippen molar-refractivity contribution in [2.45, 2.75) is 26.2 Å². The van der Waals surface area contributed by atoms with Gasteiger partial charge in [-0.1, -0.05) is 13.8 Å². The molecule has 1 atom stereocenters. The van der Waals surface area contributed by atoms with Gasteiger partial charge in [-0.05, 0) is 36.6 Å². The Bertz CT molecular complexity index is 605. The Kier molecular flexibility index (Phi) is 4.17. The summed E-state index contributed by atoms with van der Waals surface area (Å²) in [6.45, 7) is 4.05. The molecule has 106 valence electrons. The van der Waals surface area contributed by atoms with E-state index in [4.69, 9.17) is 4.74 Å². The molecule has 0 saturated carbocycles. The van der Waals surface area contributed by atoms with E-state index in [-0.39, 0.29) is 11.7 Å². The lowest BCUT2D eigenvalue weighted by molar-refractivity contribution is 0.0599. The average Bonchev–Trinajstić information content (AvgIpc) is 2.91. The molecular formula is C15H17FN2O2. The molecule has 0 aliphatic carbocycles. The fourth-order valence-corrected chi connectivity index (χ4v) is 2.08. The van der Waals surface area contributed by atoms with Gasteiger partial charge in [0.15, 0.2) is 0 Å². The van der Waals surface area contributed by atoms with Crippen molar-refractivity contribution in [1.29, 1.82) is 0 Å². The third-order valence-electron chi connectivity index (χ3n) is 3.36. The van der Waals surface area contributed by atoms with Gasteiger partial charge in [0.25, 0.3) is 0 Å². The Morgan fingerprint density at radius 1 is 1.40 bits per heavy atom. The van der Waals surface area contributed by atoms with Crippen molar-refractivity contribution in [2.75, 3.05) is 7.11 Å². The van der Waals surface area contributed by atoms with Crippen LogP contribution in [-0.4, -0.2) is 22.9 Å². The lowest BCUT2D eigenvalue weighted by Crippen LogP contribution is -2.10. The maximum absolute atomic E-state index is 13.0. The number of aromatic nitrogens is 2. The van der Waals surface area contributed by atoms with Crippen molar-refractivity contribution in [1.82, 2.24) is 9.78 Å². The van der Waals surface area contributed by atoms with Crippen molar-refractivity contribution in [3.05, 3.63) is 47.5 Å². The maximum atomic E-state index is 13.0. The van der Waals surface area contributed by atoms with E-state index in [0.717, 1.165) is 17.8 Å². The van der Waals surface area contributed by atoms with E-state index >= 15 is 0 Å². The molecule has 1 heterocycles. The second kappa shape index (κ2) is 5.86. The van der Waals surface area contributed by atoms with E-state index in [9.17, 15) is 9.18 Å². The number of methoxy groups -OCH3 is 1. The summed E-state index contributed by atoms with van der Waals surface area (Å²) in [7, 11) is 1.35. The molecule has 0 amide bonds. The summed E-state index contributed by atoms with van der Waals surface area (Å²) < 4.78 is 19.5. The topological polar surface area (TPSA) is 44.1 Å². The van der Waals surface area contributed by atoms with E-state index in [1.54, 1.807) is 16.8 Å². The van der Waals surface area contributed by atoms with Gasteiger partial charge in [-0.15, -0.1) is 0 Å². The second-order valence-electron chi connectivity index (χ2n) is 4.63. The van der Waals surface area contributed by atoms with Gasteiger partial charge >= 0.3 is 5.97 Å². The number of rotatable bonds is 4. The number of carbonyl (C=O) groups is 1. The van der Waals surface area contributed by atoms with E-state index in [1.165, 1.54) is 25.4 Å². The van der Waals surface area contributed by atoms with Gasteiger partial charge in [0.2, 0.25) is 0 Å². The lowest BCUT2D eigenvalue weighted by Gasteiger charge is -2.14. The summed E-state index contributed by atoms with van der Waals surface area (Å²) in [6, 6.07) is 6.01. The molecule has 2 aromatic rings. The zero-order valence-corrected chi connectivity index (χ0v) is 11.8. The number of nitrogens with zero attached hydrogens (tertiary/aromatic N) is 2. The highest BCUT2D eigenvalue weighted by Crippen LogP contribution is 2.26. The number of carbonyl (C=O) groups excluding carboxylic acids is 1. The van der Waals surface area contributed by atoms with Crippen molar-refractivity contribution >= 4 is 5.97 Å². The fraction of sp³-hybridized carbons (Fsp3) is 0.333. The van der Waals surface area contributed by atoms with Crippen molar-refractivity contribution in [3.8, 4) is 5.69 Å². The minimum atomic E-state index is -0.409. The van der Waals surface area contributed by atoms with Crippen molar-refractivity contribution < 1.29 is 13.9 Å². The Morgan fingerprint density at radius 3 is 2.60 bits per heavy atom. The van der Waals surface area contributed by atoms with E-state index in [2.05, 4.69) is 5.10 Å². The third-order valence-corrected chi connectivity index (χ3v) is 3.36. The highest BCUT2D eigenvalue weighted by molar-refractivity contribution is 5.90. The SMILES string of the molecule is CCC(C)c1c(C(=O)OC)cnn1-c1ccc(F)cc1. The first kappa shape index (κ1) is 14.2. The van der Waals surface area contributed by atoms with Crippen LogP contribution in [0.4, 0.5) is 4.39 Å². The third kappa shape index (κ3) is 2.57. The molecule has 0 spiro atoms. The van der Waals surface area contributed by atoms with Crippen LogP contribution in [0.2, 0.25) is 0 Å². The van der Waals surface area contributed by atoms with Crippen LogP contribution in [0.1, 0.15) is 42.2 Å². The minimum Gasteiger partial charge on any atom is -0.465 e. The second-order valence-corrected chi connectivity index (χ2v) is 4.63. The molecule has 1 aromatic carbocycles.